The summed E-state index contributed by atoms with van der Waals surface area (Å²) >= 11 is 18.6. The average Bonchev–Trinajstić information content (AvgIpc) is 2.73. The van der Waals surface area contributed by atoms with Crippen LogP contribution in [-0.4, -0.2) is 57.4 Å². The highest BCUT2D eigenvalue weighted by Gasteiger charge is 2.26. The lowest BCUT2D eigenvalue weighted by molar-refractivity contribution is -0.121. The number of rotatable bonds is 12. The van der Waals surface area contributed by atoms with Crippen molar-refractivity contribution in [2.24, 2.45) is 0 Å². The van der Waals surface area contributed by atoms with Crippen LogP contribution < -0.4 is 9.47 Å². The first-order chi connectivity index (χ1) is 15.4. The quantitative estimate of drug-likeness (QED) is 0.276. The Morgan fingerprint density at radius 2 is 1.61 bits per heavy atom. The Kier molecular flexibility index (Phi) is 9.88. The zero-order chi connectivity index (χ0) is 24.8. The largest absolute Gasteiger partial charge is 0.490 e. The molecule has 0 atom stereocenters. The summed E-state index contributed by atoms with van der Waals surface area (Å²) in [7, 11) is -2.07. The second-order valence-electron chi connectivity index (χ2n) is 8.16. The number of ketones is 1. The molecule has 0 heterocycles. The van der Waals surface area contributed by atoms with E-state index in [1.165, 1.54) is 7.05 Å². The first-order valence-electron chi connectivity index (χ1n) is 10.2. The molecular formula is C23H28Cl3NO5S. The van der Waals surface area contributed by atoms with Crippen LogP contribution in [0.25, 0.3) is 0 Å². The fraction of sp³-hybridized carbons (Fsp3) is 0.435. The van der Waals surface area contributed by atoms with Gasteiger partial charge in [-0.05, 0) is 41.8 Å². The van der Waals surface area contributed by atoms with Gasteiger partial charge >= 0.3 is 0 Å². The minimum Gasteiger partial charge on any atom is -0.490 e. The summed E-state index contributed by atoms with van der Waals surface area (Å²) in [4.78, 5) is 12.0. The van der Waals surface area contributed by atoms with Crippen LogP contribution in [0.1, 0.15) is 31.4 Å². The number of benzene rings is 2. The van der Waals surface area contributed by atoms with Crippen LogP contribution in [0.4, 0.5) is 0 Å². The first-order valence-corrected chi connectivity index (χ1v) is 13.3. The van der Waals surface area contributed by atoms with Gasteiger partial charge in [0.05, 0.1) is 29.5 Å². The van der Waals surface area contributed by atoms with Crippen LogP contribution in [0.3, 0.4) is 0 Å². The maximum atomic E-state index is 12.0. The van der Waals surface area contributed by atoms with E-state index in [4.69, 9.17) is 44.3 Å². The van der Waals surface area contributed by atoms with E-state index < -0.39 is 15.4 Å². The Bertz CT molecular complexity index is 1050. The number of likely N-dealkylation sites (N-methyl/N-ethyl adjacent to an activating group) is 1. The van der Waals surface area contributed by atoms with Crippen LogP contribution in [0.15, 0.2) is 36.4 Å². The molecular weight excluding hydrogens is 509 g/mol. The number of alkyl halides is 1. The number of halogens is 3. The van der Waals surface area contributed by atoms with Crippen LogP contribution in [0.5, 0.6) is 11.5 Å². The minimum absolute atomic E-state index is 0.223. The zero-order valence-corrected chi connectivity index (χ0v) is 22.1. The van der Waals surface area contributed by atoms with Gasteiger partial charge in [0, 0.05) is 18.3 Å². The van der Waals surface area contributed by atoms with Crippen molar-refractivity contribution in [1.82, 2.24) is 4.31 Å². The van der Waals surface area contributed by atoms with Crippen LogP contribution in [0.2, 0.25) is 10.0 Å². The fourth-order valence-corrected chi connectivity index (χ4v) is 4.08. The topological polar surface area (TPSA) is 72.9 Å². The number of hydrogen-bond donors (Lipinski definition) is 0. The van der Waals surface area contributed by atoms with Crippen molar-refractivity contribution in [3.8, 4) is 11.5 Å². The van der Waals surface area contributed by atoms with Gasteiger partial charge in [-0.1, -0.05) is 49.2 Å². The standard InChI is InChI=1S/C23H28Cl3NO5S/c1-23(2,17-12-20(25)22(21(26)13-17)31-11-5-10-24)16-6-8-19(9-7-16)32-15-18(28)14-27(3)33(4,29)30/h6-9,12-13H,5,10-11,14-15H2,1-4H3. The van der Waals surface area contributed by atoms with Gasteiger partial charge in [-0.3, -0.25) is 4.79 Å². The smallest absolute Gasteiger partial charge is 0.211 e. The molecule has 0 aliphatic rings. The van der Waals surface area contributed by atoms with Gasteiger partial charge in [-0.2, -0.15) is 4.31 Å². The first kappa shape index (κ1) is 27.7. The highest BCUT2D eigenvalue weighted by atomic mass is 35.5. The molecule has 0 amide bonds. The molecule has 0 spiro atoms. The van der Waals surface area contributed by atoms with E-state index in [-0.39, 0.29) is 18.9 Å². The molecule has 0 saturated carbocycles. The number of ether oxygens (including phenoxy) is 2. The highest BCUT2D eigenvalue weighted by Crippen LogP contribution is 2.40. The van der Waals surface area contributed by atoms with E-state index in [9.17, 15) is 13.2 Å². The van der Waals surface area contributed by atoms with E-state index in [0.717, 1.165) is 21.7 Å². The lowest BCUT2D eigenvalue weighted by Crippen LogP contribution is -2.33. The summed E-state index contributed by atoms with van der Waals surface area (Å²) in [5.74, 6) is 1.10. The van der Waals surface area contributed by atoms with Gasteiger partial charge < -0.3 is 9.47 Å². The van der Waals surface area contributed by atoms with Crippen molar-refractivity contribution < 1.29 is 22.7 Å². The summed E-state index contributed by atoms with van der Waals surface area (Å²) in [6.45, 7) is 4.06. The van der Waals surface area contributed by atoms with Crippen LogP contribution in [0, 0.1) is 0 Å². The second kappa shape index (κ2) is 11.8. The van der Waals surface area contributed by atoms with Gasteiger partial charge in [0.25, 0.3) is 0 Å². The molecule has 0 bridgehead atoms. The number of nitrogens with zero attached hydrogens (tertiary/aromatic N) is 1. The van der Waals surface area contributed by atoms with Gasteiger partial charge in [0.15, 0.2) is 11.5 Å². The van der Waals surface area contributed by atoms with Crippen molar-refractivity contribution >= 4 is 50.6 Å². The third-order valence-corrected chi connectivity index (χ3v) is 7.28. The maximum Gasteiger partial charge on any atom is 0.211 e. The van der Waals surface area contributed by atoms with Gasteiger partial charge in [0.2, 0.25) is 10.0 Å². The lowest BCUT2D eigenvalue weighted by Gasteiger charge is -2.27. The van der Waals surface area contributed by atoms with Gasteiger partial charge in [-0.25, -0.2) is 8.42 Å². The van der Waals surface area contributed by atoms with E-state index in [1.807, 2.05) is 38.1 Å². The normalized spacial score (nSPS) is 12.1. The van der Waals surface area contributed by atoms with Gasteiger partial charge in [-0.15, -0.1) is 11.6 Å². The number of carbonyl (C=O) groups excluding carboxylic acids is 1. The molecule has 0 fully saturated rings. The van der Waals surface area contributed by atoms with Gasteiger partial charge in [0.1, 0.15) is 12.4 Å². The molecule has 0 aromatic heterocycles. The predicted molar refractivity (Wildman–Crippen MR) is 134 cm³/mol. The molecule has 0 N–H and O–H groups in total. The maximum absolute atomic E-state index is 12.0. The van der Waals surface area contributed by atoms with Crippen molar-refractivity contribution in [1.29, 1.82) is 0 Å². The average molecular weight is 537 g/mol. The molecule has 10 heteroatoms. The molecule has 0 radical (unpaired) electrons. The second-order valence-corrected chi connectivity index (χ2v) is 11.4. The summed E-state index contributed by atoms with van der Waals surface area (Å²) in [6.07, 6.45) is 1.74. The third-order valence-electron chi connectivity index (χ3n) is 5.19. The zero-order valence-electron chi connectivity index (χ0n) is 19.0. The Morgan fingerprint density at radius 1 is 1.03 bits per heavy atom. The Hall–Kier alpha value is -1.51. The Labute approximate surface area is 210 Å². The molecule has 0 aliphatic carbocycles. The minimum atomic E-state index is -3.42. The molecule has 182 valence electrons. The molecule has 2 rings (SSSR count). The summed E-state index contributed by atoms with van der Waals surface area (Å²) in [5, 5.41) is 0.857. The summed E-state index contributed by atoms with van der Waals surface area (Å²) < 4.78 is 35.0. The van der Waals surface area contributed by atoms with E-state index in [0.29, 0.717) is 40.5 Å². The van der Waals surface area contributed by atoms with Crippen LogP contribution in [-0.2, 0) is 20.2 Å². The lowest BCUT2D eigenvalue weighted by atomic mass is 9.78. The summed E-state index contributed by atoms with van der Waals surface area (Å²) in [6, 6.07) is 11.0. The molecule has 6 nitrogen and oxygen atoms in total. The van der Waals surface area contributed by atoms with Crippen molar-refractivity contribution in [2.45, 2.75) is 25.7 Å². The highest BCUT2D eigenvalue weighted by molar-refractivity contribution is 7.88. The van der Waals surface area contributed by atoms with E-state index in [2.05, 4.69) is 0 Å². The van der Waals surface area contributed by atoms with Crippen molar-refractivity contribution in [3.05, 3.63) is 57.6 Å². The predicted octanol–water partition coefficient (Wildman–Crippen LogP) is 5.17. The molecule has 2 aromatic rings. The molecule has 0 saturated heterocycles. The molecule has 0 unspecified atom stereocenters. The van der Waals surface area contributed by atoms with Crippen LogP contribution >= 0.6 is 34.8 Å². The third kappa shape index (κ3) is 7.76. The van der Waals surface area contributed by atoms with Crippen molar-refractivity contribution in [3.63, 3.8) is 0 Å². The Morgan fingerprint density at radius 3 is 2.12 bits per heavy atom. The molecule has 2 aromatic carbocycles. The number of Topliss-reactive ketones (excluding diaryl/α,β-unsaturated/α-hetero) is 1. The number of sulfonamides is 1. The number of hydrogen-bond acceptors (Lipinski definition) is 5. The number of carbonyl (C=O) groups is 1. The monoisotopic (exact) mass is 535 g/mol. The van der Waals surface area contributed by atoms with E-state index >= 15 is 0 Å². The summed E-state index contributed by atoms with van der Waals surface area (Å²) in [5.41, 5.74) is 1.48. The SMILES string of the molecule is CN(CC(=O)COc1ccc(C(C)(C)c2cc(Cl)c(OCCCCl)c(Cl)c2)cc1)S(C)(=O)=O. The van der Waals surface area contributed by atoms with Crippen molar-refractivity contribution in [2.75, 3.05) is 38.9 Å². The van der Waals surface area contributed by atoms with E-state index in [1.54, 1.807) is 12.1 Å². The Balaban J connectivity index is 2.09. The fourth-order valence-electron chi connectivity index (χ4n) is 3.00. The molecule has 33 heavy (non-hydrogen) atoms. The molecule has 0 aliphatic heterocycles.